The van der Waals surface area contributed by atoms with Gasteiger partial charge in [-0.2, -0.15) is 13.2 Å². The first kappa shape index (κ1) is 16.2. The van der Waals surface area contributed by atoms with Crippen LogP contribution in [0, 0.1) is 0 Å². The van der Waals surface area contributed by atoms with Gasteiger partial charge in [-0.1, -0.05) is 0 Å². The highest BCUT2D eigenvalue weighted by molar-refractivity contribution is 5.79. The van der Waals surface area contributed by atoms with Crippen LogP contribution in [-0.4, -0.2) is 37.5 Å². The van der Waals surface area contributed by atoms with Crippen molar-refractivity contribution in [2.75, 3.05) is 13.7 Å². The van der Waals surface area contributed by atoms with Gasteiger partial charge in [-0.15, -0.1) is 0 Å². The van der Waals surface area contributed by atoms with Gasteiger partial charge in [0, 0.05) is 6.42 Å². The minimum Gasteiger partial charge on any atom is -0.468 e. The summed E-state index contributed by atoms with van der Waals surface area (Å²) in [6.07, 6.45) is -5.71. The lowest BCUT2D eigenvalue weighted by Gasteiger charge is -2.25. The molecule has 0 spiro atoms. The Hall–Kier alpha value is -0.820. The predicted molar refractivity (Wildman–Crippen MR) is 55.3 cm³/mol. The molecule has 4 nitrogen and oxygen atoms in total. The normalized spacial score (nSPS) is 17.4. The molecule has 0 fully saturated rings. The predicted octanol–water partition coefficient (Wildman–Crippen LogP) is 1.62. The van der Waals surface area contributed by atoms with E-state index < -0.39 is 36.8 Å². The fraction of sp³-hybridized carbons (Fsp3) is 0.900. The molecule has 2 unspecified atom stereocenters. The third-order valence-corrected chi connectivity index (χ3v) is 2.15. The van der Waals surface area contributed by atoms with Crippen molar-refractivity contribution in [1.29, 1.82) is 0 Å². The van der Waals surface area contributed by atoms with Gasteiger partial charge in [-0.05, 0) is 13.8 Å². The molecule has 0 aromatic carbocycles. The molecule has 0 aromatic rings. The molecule has 0 radical (unpaired) electrons. The van der Waals surface area contributed by atoms with Gasteiger partial charge >= 0.3 is 12.1 Å². The topological polar surface area (TPSA) is 61.5 Å². The molecule has 0 bridgehead atoms. The first-order chi connectivity index (χ1) is 7.58. The van der Waals surface area contributed by atoms with E-state index in [1.165, 1.54) is 14.0 Å². The van der Waals surface area contributed by atoms with E-state index >= 15 is 0 Å². The highest BCUT2D eigenvalue weighted by Crippen LogP contribution is 2.20. The van der Waals surface area contributed by atoms with Crippen molar-refractivity contribution in [3.63, 3.8) is 0 Å². The van der Waals surface area contributed by atoms with Crippen LogP contribution >= 0.6 is 0 Å². The highest BCUT2D eigenvalue weighted by Gasteiger charge is 2.32. The maximum absolute atomic E-state index is 11.8. The van der Waals surface area contributed by atoms with Crippen molar-refractivity contribution >= 4 is 5.97 Å². The van der Waals surface area contributed by atoms with Gasteiger partial charge in [0.2, 0.25) is 0 Å². The fourth-order valence-corrected chi connectivity index (χ4v) is 1.35. The molecular formula is C10H18F3NO3. The molecule has 7 heteroatoms. The van der Waals surface area contributed by atoms with Crippen LogP contribution < -0.4 is 5.73 Å². The van der Waals surface area contributed by atoms with Crippen LogP contribution in [0.2, 0.25) is 0 Å². The quantitative estimate of drug-likeness (QED) is 0.734. The molecule has 0 heterocycles. The Morgan fingerprint density at radius 2 is 1.94 bits per heavy atom. The minimum atomic E-state index is -4.24. The van der Waals surface area contributed by atoms with Gasteiger partial charge < -0.3 is 15.2 Å². The number of esters is 1. The summed E-state index contributed by atoms with van der Waals surface area (Å²) in [7, 11) is 1.20. The molecular weight excluding hydrogens is 239 g/mol. The van der Waals surface area contributed by atoms with E-state index in [9.17, 15) is 18.0 Å². The molecule has 0 rings (SSSR count). The number of carbonyl (C=O) groups excluding carboxylic acids is 1. The molecule has 102 valence electrons. The van der Waals surface area contributed by atoms with Gasteiger partial charge in [0.25, 0.3) is 0 Å². The van der Waals surface area contributed by atoms with Crippen LogP contribution in [-0.2, 0) is 14.3 Å². The Morgan fingerprint density at radius 1 is 1.41 bits per heavy atom. The lowest BCUT2D eigenvalue weighted by Crippen LogP contribution is -2.48. The number of rotatable bonds is 6. The third kappa shape index (κ3) is 7.17. The summed E-state index contributed by atoms with van der Waals surface area (Å²) in [4.78, 5) is 11.2. The number of nitrogens with two attached hydrogens (primary N) is 1. The molecule has 0 aliphatic rings. The van der Waals surface area contributed by atoms with Crippen molar-refractivity contribution in [3.8, 4) is 0 Å². The average molecular weight is 257 g/mol. The van der Waals surface area contributed by atoms with Gasteiger partial charge in [0.05, 0.1) is 26.2 Å². The lowest BCUT2D eigenvalue weighted by molar-refractivity contribution is -0.153. The van der Waals surface area contributed by atoms with E-state index in [4.69, 9.17) is 10.5 Å². The van der Waals surface area contributed by atoms with Crippen molar-refractivity contribution in [2.24, 2.45) is 5.73 Å². The largest absolute Gasteiger partial charge is 0.468 e. The Balaban J connectivity index is 4.01. The zero-order chi connectivity index (χ0) is 13.7. The van der Waals surface area contributed by atoms with Gasteiger partial charge in [0.1, 0.15) is 5.54 Å². The van der Waals surface area contributed by atoms with E-state index in [1.807, 2.05) is 0 Å². The Labute approximate surface area is 98.2 Å². The van der Waals surface area contributed by atoms with E-state index in [-0.39, 0.29) is 6.42 Å². The molecule has 17 heavy (non-hydrogen) atoms. The number of ether oxygens (including phenoxy) is 2. The average Bonchev–Trinajstić information content (AvgIpc) is 2.13. The van der Waals surface area contributed by atoms with Gasteiger partial charge in [0.15, 0.2) is 0 Å². The summed E-state index contributed by atoms with van der Waals surface area (Å²) in [5, 5.41) is 0. The van der Waals surface area contributed by atoms with Crippen LogP contribution in [0.4, 0.5) is 13.2 Å². The number of halogens is 3. The minimum absolute atomic E-state index is 0.0948. The second-order valence-corrected chi connectivity index (χ2v) is 4.16. The van der Waals surface area contributed by atoms with Crippen molar-refractivity contribution in [3.05, 3.63) is 0 Å². The maximum Gasteiger partial charge on any atom is 0.391 e. The Bertz CT molecular complexity index is 254. The Morgan fingerprint density at radius 3 is 2.35 bits per heavy atom. The number of carbonyl (C=O) groups is 1. The first-order valence-electron chi connectivity index (χ1n) is 5.14. The molecule has 0 aliphatic heterocycles. The van der Waals surface area contributed by atoms with Crippen LogP contribution in [0.25, 0.3) is 0 Å². The maximum atomic E-state index is 11.8. The smallest absolute Gasteiger partial charge is 0.391 e. The molecule has 0 amide bonds. The number of alkyl halides is 3. The molecule has 2 atom stereocenters. The zero-order valence-electron chi connectivity index (χ0n) is 10.1. The first-order valence-corrected chi connectivity index (χ1v) is 5.14. The summed E-state index contributed by atoms with van der Waals surface area (Å²) in [5.74, 6) is -0.622. The molecule has 0 saturated heterocycles. The summed E-state index contributed by atoms with van der Waals surface area (Å²) in [6.45, 7) is 2.56. The number of methoxy groups -OCH3 is 1. The van der Waals surface area contributed by atoms with Gasteiger partial charge in [-0.3, -0.25) is 4.79 Å². The molecule has 2 N–H and O–H groups in total. The standard InChI is InChI=1S/C10H18F3NO3/c1-7(17-5-4-10(11,12)13)6-9(2,14)8(15)16-3/h7H,4-6,14H2,1-3H3. The van der Waals surface area contributed by atoms with E-state index in [2.05, 4.69) is 4.74 Å². The van der Waals surface area contributed by atoms with Crippen molar-refractivity contribution < 1.29 is 27.4 Å². The zero-order valence-corrected chi connectivity index (χ0v) is 10.1. The van der Waals surface area contributed by atoms with Crippen molar-refractivity contribution in [1.82, 2.24) is 0 Å². The second kappa shape index (κ2) is 6.20. The van der Waals surface area contributed by atoms with Gasteiger partial charge in [-0.25, -0.2) is 0 Å². The Kier molecular flexibility index (Phi) is 5.91. The van der Waals surface area contributed by atoms with Crippen molar-refractivity contribution in [2.45, 2.75) is 44.5 Å². The van der Waals surface area contributed by atoms with E-state index in [0.717, 1.165) is 0 Å². The molecule has 0 aliphatic carbocycles. The summed E-state index contributed by atoms with van der Waals surface area (Å²) >= 11 is 0. The van der Waals surface area contributed by atoms with Crippen LogP contribution in [0.3, 0.4) is 0 Å². The van der Waals surface area contributed by atoms with Crippen LogP contribution in [0.15, 0.2) is 0 Å². The van der Waals surface area contributed by atoms with E-state index in [0.29, 0.717) is 0 Å². The fourth-order valence-electron chi connectivity index (χ4n) is 1.35. The summed E-state index contributed by atoms with van der Waals surface area (Å²) in [5.41, 5.74) is 4.39. The SMILES string of the molecule is COC(=O)C(C)(N)CC(C)OCCC(F)(F)F. The second-order valence-electron chi connectivity index (χ2n) is 4.16. The monoisotopic (exact) mass is 257 g/mol. The van der Waals surface area contributed by atoms with E-state index in [1.54, 1.807) is 6.92 Å². The molecule has 0 saturated carbocycles. The number of hydrogen-bond acceptors (Lipinski definition) is 4. The van der Waals surface area contributed by atoms with Crippen LogP contribution in [0.1, 0.15) is 26.7 Å². The highest BCUT2D eigenvalue weighted by atomic mass is 19.4. The lowest BCUT2D eigenvalue weighted by atomic mass is 9.96. The summed E-state index contributed by atoms with van der Waals surface area (Å²) in [6, 6.07) is 0. The number of hydrogen-bond donors (Lipinski definition) is 1. The molecule has 0 aromatic heterocycles. The third-order valence-electron chi connectivity index (χ3n) is 2.15. The van der Waals surface area contributed by atoms with Crippen LogP contribution in [0.5, 0.6) is 0 Å². The summed E-state index contributed by atoms with van der Waals surface area (Å²) < 4.78 is 45.0.